The van der Waals surface area contributed by atoms with E-state index in [0.717, 1.165) is 24.8 Å². The largest absolute Gasteiger partial charge is 0.350 e. The van der Waals surface area contributed by atoms with Crippen LogP contribution in [0, 0.1) is 0 Å². The second-order valence-electron chi connectivity index (χ2n) is 6.49. The second-order valence-corrected chi connectivity index (χ2v) is 6.49. The molecule has 0 bridgehead atoms. The molecule has 0 aliphatic heterocycles. The number of rotatable bonds is 9. The Morgan fingerprint density at radius 2 is 1.54 bits per heavy atom. The summed E-state index contributed by atoms with van der Waals surface area (Å²) in [5.74, 6) is 0. The molecule has 2 heteroatoms. The molecule has 2 nitrogen and oxygen atoms in total. The van der Waals surface area contributed by atoms with Crippen LogP contribution in [0.5, 0.6) is 0 Å². The highest BCUT2D eigenvalue weighted by atomic mass is 15.0. The van der Waals surface area contributed by atoms with Gasteiger partial charge in [0.25, 0.3) is 0 Å². The predicted molar refractivity (Wildman–Crippen MR) is 113 cm³/mol. The summed E-state index contributed by atoms with van der Waals surface area (Å²) < 4.78 is 0. The van der Waals surface area contributed by atoms with Gasteiger partial charge in [0.15, 0.2) is 0 Å². The van der Waals surface area contributed by atoms with Crippen LogP contribution in [0.2, 0.25) is 0 Å². The first-order valence-electron chi connectivity index (χ1n) is 9.43. The molecule has 0 atom stereocenters. The molecule has 26 heavy (non-hydrogen) atoms. The lowest BCUT2D eigenvalue weighted by Gasteiger charge is -2.16. The molecule has 2 aromatic carbocycles. The maximum Gasteiger partial charge on any atom is 0.102 e. The fraction of sp³-hybridized carbons (Fsp3) is 0.292. The molecule has 0 spiro atoms. The van der Waals surface area contributed by atoms with E-state index in [0.29, 0.717) is 0 Å². The van der Waals surface area contributed by atoms with E-state index < -0.39 is 0 Å². The number of nitrogens with one attached hydrogen (secondary N) is 1. The summed E-state index contributed by atoms with van der Waals surface area (Å²) in [6.07, 6.45) is 4.93. The average molecular weight is 347 g/mol. The van der Waals surface area contributed by atoms with Crippen molar-refractivity contribution in [3.05, 3.63) is 95.2 Å². The minimum Gasteiger partial charge on any atom is -0.350 e. The third-order valence-electron chi connectivity index (χ3n) is 4.43. The fourth-order valence-electron chi connectivity index (χ4n) is 3.16. The standard InChI is InChI=1S/C24H30N2/c1-5-13-23(22(6-2)19(3)4)25-18-26-24(20-14-9-7-10-15-20)21-16-11-8-12-17-21/h7-12,14-18,24H,3,5-6,13H2,1-2,4H3,(H,25,26)/b23-22-. The van der Waals surface area contributed by atoms with Crippen molar-refractivity contribution in [2.75, 3.05) is 0 Å². The van der Waals surface area contributed by atoms with Crippen LogP contribution in [0.4, 0.5) is 0 Å². The van der Waals surface area contributed by atoms with Crippen molar-refractivity contribution in [3.8, 4) is 0 Å². The van der Waals surface area contributed by atoms with Gasteiger partial charge in [-0.1, -0.05) is 93.1 Å². The molecule has 136 valence electrons. The maximum atomic E-state index is 4.86. The Bertz CT molecular complexity index is 703. The Morgan fingerprint density at radius 3 is 1.96 bits per heavy atom. The van der Waals surface area contributed by atoms with E-state index in [4.69, 9.17) is 4.99 Å². The highest BCUT2D eigenvalue weighted by Crippen LogP contribution is 2.25. The number of benzene rings is 2. The molecule has 1 N–H and O–H groups in total. The number of hydrogen-bond acceptors (Lipinski definition) is 1. The van der Waals surface area contributed by atoms with E-state index in [1.165, 1.54) is 22.4 Å². The van der Waals surface area contributed by atoms with Crippen LogP contribution in [0.1, 0.15) is 57.2 Å². The first kappa shape index (κ1) is 19.7. The van der Waals surface area contributed by atoms with Crippen molar-refractivity contribution in [2.24, 2.45) is 4.99 Å². The molecule has 0 heterocycles. The first-order chi connectivity index (χ1) is 12.7. The van der Waals surface area contributed by atoms with Crippen LogP contribution in [0.25, 0.3) is 0 Å². The maximum absolute atomic E-state index is 4.86. The predicted octanol–water partition coefficient (Wildman–Crippen LogP) is 6.43. The molecule has 2 aromatic rings. The van der Waals surface area contributed by atoms with Gasteiger partial charge in [-0.05, 0) is 36.5 Å². The van der Waals surface area contributed by atoms with Crippen LogP contribution >= 0.6 is 0 Å². The number of allylic oxidation sites excluding steroid dienone is 3. The lowest BCUT2D eigenvalue weighted by molar-refractivity contribution is 0.819. The number of hydrogen-bond donors (Lipinski definition) is 1. The molecule has 0 saturated heterocycles. The first-order valence-corrected chi connectivity index (χ1v) is 9.43. The van der Waals surface area contributed by atoms with Gasteiger partial charge in [0, 0.05) is 5.70 Å². The molecule has 0 saturated carbocycles. The molecule has 2 rings (SSSR count). The number of aliphatic imine (C=N–C) groups is 1. The molecule has 0 radical (unpaired) electrons. The molecular formula is C24H30N2. The van der Waals surface area contributed by atoms with Crippen molar-refractivity contribution in [1.29, 1.82) is 0 Å². The van der Waals surface area contributed by atoms with E-state index in [1.807, 2.05) is 18.5 Å². The van der Waals surface area contributed by atoms with Crippen LogP contribution in [0.15, 0.2) is 89.1 Å². The van der Waals surface area contributed by atoms with Gasteiger partial charge in [0.2, 0.25) is 0 Å². The zero-order chi connectivity index (χ0) is 18.8. The Kier molecular flexibility index (Phi) is 7.88. The fourth-order valence-corrected chi connectivity index (χ4v) is 3.16. The van der Waals surface area contributed by atoms with Crippen LogP contribution in [-0.2, 0) is 0 Å². The van der Waals surface area contributed by atoms with Gasteiger partial charge in [-0.25, -0.2) is 0 Å². The Hall–Kier alpha value is -2.61. The summed E-state index contributed by atoms with van der Waals surface area (Å²) in [7, 11) is 0. The van der Waals surface area contributed by atoms with Crippen molar-refractivity contribution < 1.29 is 0 Å². The lowest BCUT2D eigenvalue weighted by Crippen LogP contribution is -2.15. The third kappa shape index (κ3) is 5.45. The summed E-state index contributed by atoms with van der Waals surface area (Å²) >= 11 is 0. The highest BCUT2D eigenvalue weighted by Gasteiger charge is 2.11. The van der Waals surface area contributed by atoms with E-state index in [-0.39, 0.29) is 6.04 Å². The molecule has 0 unspecified atom stereocenters. The minimum atomic E-state index is -0.0114. The van der Waals surface area contributed by atoms with E-state index >= 15 is 0 Å². The molecule has 0 fully saturated rings. The quantitative estimate of drug-likeness (QED) is 0.315. The zero-order valence-electron chi connectivity index (χ0n) is 16.2. The molecule has 0 amide bonds. The summed E-state index contributed by atoms with van der Waals surface area (Å²) in [6.45, 7) is 10.6. The molecular weight excluding hydrogens is 316 g/mol. The van der Waals surface area contributed by atoms with Crippen LogP contribution < -0.4 is 5.32 Å². The van der Waals surface area contributed by atoms with Crippen LogP contribution in [0.3, 0.4) is 0 Å². The lowest BCUT2D eigenvalue weighted by atomic mass is 9.99. The van der Waals surface area contributed by atoms with E-state index in [9.17, 15) is 0 Å². The smallest absolute Gasteiger partial charge is 0.102 e. The topological polar surface area (TPSA) is 24.4 Å². The normalized spacial score (nSPS) is 12.3. The summed E-state index contributed by atoms with van der Waals surface area (Å²) in [4.78, 5) is 4.86. The highest BCUT2D eigenvalue weighted by molar-refractivity contribution is 5.60. The van der Waals surface area contributed by atoms with Gasteiger partial charge in [-0.2, -0.15) is 0 Å². The van der Waals surface area contributed by atoms with Gasteiger partial charge < -0.3 is 5.32 Å². The van der Waals surface area contributed by atoms with Gasteiger partial charge in [-0.3, -0.25) is 4.99 Å². The van der Waals surface area contributed by atoms with Gasteiger partial charge >= 0.3 is 0 Å². The van der Waals surface area contributed by atoms with Crippen molar-refractivity contribution in [2.45, 2.75) is 46.1 Å². The Balaban J connectivity index is 2.29. The second kappa shape index (κ2) is 10.4. The average Bonchev–Trinajstić information content (AvgIpc) is 2.67. The zero-order valence-corrected chi connectivity index (χ0v) is 16.2. The Labute approximate surface area is 158 Å². The number of nitrogens with zero attached hydrogens (tertiary/aromatic N) is 1. The summed E-state index contributed by atoms with van der Waals surface area (Å²) in [5, 5.41) is 3.45. The van der Waals surface area contributed by atoms with Crippen molar-refractivity contribution in [3.63, 3.8) is 0 Å². The van der Waals surface area contributed by atoms with Crippen molar-refractivity contribution in [1.82, 2.24) is 5.32 Å². The summed E-state index contributed by atoms with van der Waals surface area (Å²) in [6, 6.07) is 20.8. The van der Waals surface area contributed by atoms with E-state index in [2.05, 4.69) is 81.2 Å². The molecule has 0 aliphatic carbocycles. The van der Waals surface area contributed by atoms with Gasteiger partial charge in [-0.15, -0.1) is 0 Å². The monoisotopic (exact) mass is 346 g/mol. The van der Waals surface area contributed by atoms with Gasteiger partial charge in [0.05, 0.1) is 6.34 Å². The van der Waals surface area contributed by atoms with Crippen LogP contribution in [-0.4, -0.2) is 6.34 Å². The van der Waals surface area contributed by atoms with Crippen molar-refractivity contribution >= 4 is 6.34 Å². The minimum absolute atomic E-state index is 0.0114. The summed E-state index contributed by atoms with van der Waals surface area (Å²) in [5.41, 5.74) is 6.03. The SMILES string of the molecule is C=C(C)/C(CC)=C(/CCC)NC=NC(c1ccccc1)c1ccccc1. The molecule has 0 aliphatic rings. The third-order valence-corrected chi connectivity index (χ3v) is 4.43. The van der Waals surface area contributed by atoms with E-state index in [1.54, 1.807) is 0 Å². The Morgan fingerprint density at radius 1 is 1.00 bits per heavy atom. The van der Waals surface area contributed by atoms with Gasteiger partial charge in [0.1, 0.15) is 6.04 Å². The molecule has 0 aromatic heterocycles.